The van der Waals surface area contributed by atoms with Crippen molar-refractivity contribution < 1.29 is 49.0 Å². The van der Waals surface area contributed by atoms with Gasteiger partial charge in [0.05, 0.1) is 0 Å². The van der Waals surface area contributed by atoms with Crippen molar-refractivity contribution in [1.29, 1.82) is 0 Å². The molecule has 1 unspecified atom stereocenters. The van der Waals surface area contributed by atoms with Crippen LogP contribution in [-0.4, -0.2) is 3.21 Å². The van der Waals surface area contributed by atoms with Gasteiger partial charge in [-0.1, -0.05) is 84.1 Å². The topological polar surface area (TPSA) is 0 Å². The molecule has 0 aromatic heterocycles. The number of allylic oxidation sites excluding steroid dienone is 4. The second-order valence-electron chi connectivity index (χ2n) is 23.1. The van der Waals surface area contributed by atoms with Crippen LogP contribution in [-0.2, 0) is 52.3 Å². The Morgan fingerprint density at radius 3 is 1.44 bits per heavy atom. The van der Waals surface area contributed by atoms with Gasteiger partial charge in [0.1, 0.15) is 0 Å². The molecule has 0 aliphatic heterocycles. The average molecular weight is 931 g/mol. The van der Waals surface area contributed by atoms with Crippen molar-refractivity contribution in [2.24, 2.45) is 35.5 Å². The normalized spacial score (nSPS) is 23.3. The summed E-state index contributed by atoms with van der Waals surface area (Å²) in [6.45, 7) is 29.4. The molecular weight excluding hydrogens is 859 g/mol. The fraction of sp³-hybridized carbons (Fsp3) is 0.500. The molecule has 0 nitrogen and oxygen atoms in total. The first kappa shape index (κ1) is 49.7. The van der Waals surface area contributed by atoms with Crippen LogP contribution in [0.5, 0.6) is 0 Å². The molecule has 0 heterocycles. The molecule has 6 aliphatic rings. The van der Waals surface area contributed by atoms with Crippen molar-refractivity contribution in [2.45, 2.75) is 150 Å². The maximum atomic E-state index is 3.67. The van der Waals surface area contributed by atoms with Crippen LogP contribution in [0.2, 0.25) is 0 Å². The molecule has 4 aromatic carbocycles. The van der Waals surface area contributed by atoms with Gasteiger partial charge in [-0.2, -0.15) is 35.4 Å². The number of rotatable bonds is 3. The summed E-state index contributed by atoms with van der Waals surface area (Å²) in [4.78, 5) is 0. The van der Waals surface area contributed by atoms with E-state index in [-0.39, 0.29) is 46.5 Å². The molecule has 0 amide bonds. The van der Waals surface area contributed by atoms with E-state index in [1.165, 1.54) is 109 Å². The molecule has 1 atom stereocenters. The smallest absolute Gasteiger partial charge is 0.0407 e. The largest absolute Gasteiger partial charge is 1.00 e. The number of hydrogen-bond acceptors (Lipinski definition) is 0. The van der Waals surface area contributed by atoms with Crippen molar-refractivity contribution in [3.05, 3.63) is 153 Å². The molecule has 4 fully saturated rings. The van der Waals surface area contributed by atoms with Gasteiger partial charge in [0.15, 0.2) is 0 Å². The van der Waals surface area contributed by atoms with Crippen LogP contribution in [0.15, 0.2) is 96.6 Å². The minimum Gasteiger partial charge on any atom is -1.00 e. The maximum absolute atomic E-state index is 3.67. The molecule has 0 spiro atoms. The van der Waals surface area contributed by atoms with E-state index < -0.39 is 0 Å². The van der Waals surface area contributed by atoms with Crippen LogP contribution >= 0.6 is 0 Å². The van der Waals surface area contributed by atoms with Gasteiger partial charge in [-0.25, -0.2) is 6.08 Å². The molecule has 61 heavy (non-hydrogen) atoms. The van der Waals surface area contributed by atoms with Crippen LogP contribution < -0.4 is 24.8 Å². The fourth-order valence-electron chi connectivity index (χ4n) is 10.8. The first-order valence-corrected chi connectivity index (χ1v) is 24.1. The molecule has 324 valence electrons. The Balaban J connectivity index is 0.000000172. The molecule has 0 N–H and O–H groups in total. The molecule has 0 radical (unpaired) electrons. The van der Waals surface area contributed by atoms with E-state index in [0.717, 1.165) is 36.0 Å². The summed E-state index contributed by atoms with van der Waals surface area (Å²) in [7, 11) is 0. The van der Waals surface area contributed by atoms with E-state index in [1.807, 2.05) is 0 Å². The van der Waals surface area contributed by atoms with Crippen LogP contribution in [0.4, 0.5) is 0 Å². The summed E-state index contributed by atoms with van der Waals surface area (Å²) in [5.41, 5.74) is 16.3. The van der Waals surface area contributed by atoms with Gasteiger partial charge < -0.3 is 24.8 Å². The molecule has 6 aliphatic carbocycles. The fourth-order valence-corrected chi connectivity index (χ4v) is 11.6. The first-order chi connectivity index (χ1) is 27.5. The molecule has 0 saturated heterocycles. The van der Waals surface area contributed by atoms with Gasteiger partial charge in [0.25, 0.3) is 0 Å². The third-order valence-electron chi connectivity index (χ3n) is 14.1. The molecule has 4 bridgehead atoms. The van der Waals surface area contributed by atoms with Crippen molar-refractivity contribution in [2.75, 3.05) is 0 Å². The van der Waals surface area contributed by atoms with Crippen LogP contribution in [0.3, 0.4) is 0 Å². The monoisotopic (exact) mass is 928 g/mol. The van der Waals surface area contributed by atoms with Gasteiger partial charge in [-0.15, -0.1) is 11.1 Å². The summed E-state index contributed by atoms with van der Waals surface area (Å²) in [5.74, 6) is 5.77. The van der Waals surface area contributed by atoms with Crippen molar-refractivity contribution in [3.8, 4) is 11.1 Å². The van der Waals surface area contributed by atoms with Crippen molar-refractivity contribution in [3.63, 3.8) is 0 Å². The predicted octanol–water partition coefficient (Wildman–Crippen LogP) is 9.05. The zero-order valence-corrected chi connectivity index (χ0v) is 43.6. The van der Waals surface area contributed by atoms with E-state index in [2.05, 4.69) is 193 Å². The molecular formula is C58H72Cl2Zr-2. The minimum absolute atomic E-state index is 0. The summed E-state index contributed by atoms with van der Waals surface area (Å²) in [6, 6.07) is 33.3. The standard InChI is InChI=1S/C21H25.C21H26.C16H21.2ClH.Zr/c1-20(2,3)16-7-9-18-14(12-16)11-15-13-17(21(4,5)6)8-10-19(15)18;1-20(2,3)18-11-7-16(8-12-18)15-17-9-13-19(14-10-17)21(4,5)6;1-10-2-3-13(4-10)16-14-6-11-5-12(8-14)9-15(16)7-11;;;/h7-10,12H,11H2,1-6H3;7-14H,1-6H3;3-4,10-12,14-16H,5-9H2,1H3;2*1H;/q-1;;-1;;;+2/p-2. The summed E-state index contributed by atoms with van der Waals surface area (Å²) in [5, 5.41) is 0. The molecule has 3 heteroatoms. The Morgan fingerprint density at radius 2 is 1.02 bits per heavy atom. The quantitative estimate of drug-likeness (QED) is 0.159. The SMILES string of the molecule is CC(C)(C)c1[c-]c2c(cc1)-c1ccc(C(C)(C)C)cc1C2.CC(C)(C)c1ccc([C](=[Zr+2])c2ccc(C(C)(C)C)cc2)cc1.CC1[C-]=CC(C2C3CC4CC(C3)CC2C4)=C1.[Cl-].[Cl-]. The van der Waals surface area contributed by atoms with Gasteiger partial charge in [-0.3, -0.25) is 6.08 Å². The van der Waals surface area contributed by atoms with Crippen LogP contribution in [0, 0.1) is 47.6 Å². The number of fused-ring (bicyclic) bond motifs is 3. The Kier molecular flexibility index (Phi) is 15.5. The Morgan fingerprint density at radius 1 is 0.557 bits per heavy atom. The van der Waals surface area contributed by atoms with Crippen molar-refractivity contribution >= 4 is 3.21 Å². The summed E-state index contributed by atoms with van der Waals surface area (Å²) in [6.07, 6.45) is 17.0. The summed E-state index contributed by atoms with van der Waals surface area (Å²) >= 11 is 1.46. The number of benzene rings is 4. The third-order valence-corrected chi connectivity index (χ3v) is 15.5. The third kappa shape index (κ3) is 11.5. The molecule has 4 aromatic rings. The van der Waals surface area contributed by atoms with E-state index >= 15 is 0 Å². The minimum atomic E-state index is 0. The summed E-state index contributed by atoms with van der Waals surface area (Å²) < 4.78 is 1.42. The molecule has 4 saturated carbocycles. The second-order valence-corrected chi connectivity index (χ2v) is 24.3. The Bertz CT molecular complexity index is 2060. The maximum Gasteiger partial charge on any atom is -0.0407 e. The molecule has 10 rings (SSSR count). The van der Waals surface area contributed by atoms with Gasteiger partial charge in [-0.05, 0) is 84.2 Å². The number of hydrogen-bond donors (Lipinski definition) is 0. The van der Waals surface area contributed by atoms with Crippen molar-refractivity contribution in [1.82, 2.24) is 0 Å². The number of halogens is 2. The first-order valence-electron chi connectivity index (χ1n) is 22.9. The van der Waals surface area contributed by atoms with E-state index in [4.69, 9.17) is 0 Å². The van der Waals surface area contributed by atoms with E-state index in [1.54, 1.807) is 12.0 Å². The van der Waals surface area contributed by atoms with Gasteiger partial charge in [0.2, 0.25) is 0 Å². The van der Waals surface area contributed by atoms with Crippen LogP contribution in [0.1, 0.15) is 167 Å². The zero-order valence-electron chi connectivity index (χ0n) is 39.6. The van der Waals surface area contributed by atoms with Gasteiger partial charge >= 0.3 is 151 Å². The van der Waals surface area contributed by atoms with E-state index in [9.17, 15) is 0 Å². The predicted molar refractivity (Wildman–Crippen MR) is 250 cm³/mol. The average Bonchev–Trinajstić information content (AvgIpc) is 3.75. The second kappa shape index (κ2) is 19.0. The zero-order chi connectivity index (χ0) is 42.7. The van der Waals surface area contributed by atoms with Gasteiger partial charge in [0, 0.05) is 0 Å². The Labute approximate surface area is 399 Å². The van der Waals surface area contributed by atoms with E-state index in [0.29, 0.717) is 5.92 Å². The van der Waals surface area contributed by atoms with Crippen LogP contribution in [0.25, 0.3) is 11.1 Å². The Hall–Kier alpha value is -2.31.